The fourth-order valence-electron chi connectivity index (χ4n) is 6.65. The van der Waals surface area contributed by atoms with Crippen molar-refractivity contribution in [3.63, 3.8) is 0 Å². The maximum absolute atomic E-state index is 5.18. The van der Waals surface area contributed by atoms with Crippen LogP contribution in [0.15, 0.2) is 188 Å². The van der Waals surface area contributed by atoms with Gasteiger partial charge in [-0.2, -0.15) is 0 Å². The Balaban J connectivity index is 1.11. The lowest BCUT2D eigenvalue weighted by Crippen LogP contribution is -1.96. The molecule has 7 aromatic carbocycles. The predicted molar refractivity (Wildman–Crippen MR) is 207 cm³/mol. The molecule has 50 heavy (non-hydrogen) atoms. The van der Waals surface area contributed by atoms with Gasteiger partial charge in [-0.3, -0.25) is 4.98 Å². The summed E-state index contributed by atoms with van der Waals surface area (Å²) in [6, 6.07) is 62.1. The summed E-state index contributed by atoms with van der Waals surface area (Å²) in [5, 5.41) is 4.85. The van der Waals surface area contributed by atoms with E-state index in [1.807, 2.05) is 12.3 Å². The first-order chi connectivity index (χ1) is 24.7. The maximum atomic E-state index is 5.18. The highest BCUT2D eigenvalue weighted by molar-refractivity contribution is 5.89. The Hall–Kier alpha value is -6.71. The van der Waals surface area contributed by atoms with Gasteiger partial charge in [-0.05, 0) is 85.3 Å². The summed E-state index contributed by atoms with van der Waals surface area (Å²) in [5.74, 6) is 0.698. The second-order valence-corrected chi connectivity index (χ2v) is 12.6. The minimum absolute atomic E-state index is 0.698. The molecule has 0 radical (unpaired) electrons. The molecule has 0 bridgehead atoms. The van der Waals surface area contributed by atoms with E-state index in [9.17, 15) is 0 Å². The Morgan fingerprint density at radius 1 is 0.280 bits per heavy atom. The Kier molecular flexibility index (Phi) is 7.49. The number of hydrogen-bond donors (Lipinski definition) is 0. The molecule has 9 rings (SSSR count). The van der Waals surface area contributed by atoms with Gasteiger partial charge in [0.15, 0.2) is 5.82 Å². The lowest BCUT2D eigenvalue weighted by molar-refractivity contribution is 1.18. The zero-order valence-corrected chi connectivity index (χ0v) is 27.2. The van der Waals surface area contributed by atoms with Crippen molar-refractivity contribution in [2.45, 2.75) is 0 Å². The van der Waals surface area contributed by atoms with Gasteiger partial charge >= 0.3 is 0 Å². The van der Waals surface area contributed by atoms with Crippen LogP contribution in [0.25, 0.3) is 88.8 Å². The molecule has 2 heterocycles. The highest BCUT2D eigenvalue weighted by Gasteiger charge is 2.13. The van der Waals surface area contributed by atoms with Gasteiger partial charge in [0.25, 0.3) is 0 Å². The molecule has 9 aromatic rings. The third kappa shape index (κ3) is 5.82. The zero-order chi connectivity index (χ0) is 33.3. The monoisotopic (exact) mass is 637 g/mol. The molecule has 0 saturated heterocycles. The van der Waals surface area contributed by atoms with Crippen molar-refractivity contribution in [1.29, 1.82) is 0 Å². The molecule has 3 nitrogen and oxygen atoms in total. The molecule has 234 valence electrons. The SMILES string of the molecule is c1cncc(-c2ccc(-c3ccc(-c4cc(-c5ccc6ccccc6c5)nc(-c5cccc(-c6ccc7ccccc7c6)c5)n4)cc3)cc2)c1. The summed E-state index contributed by atoms with van der Waals surface area (Å²) in [7, 11) is 0. The molecule has 0 aliphatic carbocycles. The molecular formula is C47H31N3. The number of rotatable bonds is 6. The van der Waals surface area contributed by atoms with Gasteiger partial charge in [0, 0.05) is 29.1 Å². The van der Waals surface area contributed by atoms with Gasteiger partial charge in [0.2, 0.25) is 0 Å². The van der Waals surface area contributed by atoms with E-state index >= 15 is 0 Å². The molecule has 0 spiro atoms. The van der Waals surface area contributed by atoms with Gasteiger partial charge in [-0.1, -0.05) is 146 Å². The number of benzene rings is 7. The van der Waals surface area contributed by atoms with E-state index in [0.29, 0.717) is 5.82 Å². The van der Waals surface area contributed by atoms with E-state index < -0.39 is 0 Å². The molecule has 0 saturated carbocycles. The summed E-state index contributed by atoms with van der Waals surface area (Å²) in [5.41, 5.74) is 11.7. The summed E-state index contributed by atoms with van der Waals surface area (Å²) in [6.07, 6.45) is 3.69. The third-order valence-electron chi connectivity index (χ3n) is 9.37. The van der Waals surface area contributed by atoms with Crippen LogP contribution in [0.5, 0.6) is 0 Å². The lowest BCUT2D eigenvalue weighted by atomic mass is 9.98. The van der Waals surface area contributed by atoms with E-state index in [1.54, 1.807) is 6.20 Å². The van der Waals surface area contributed by atoms with Gasteiger partial charge in [-0.15, -0.1) is 0 Å². The fourth-order valence-corrected chi connectivity index (χ4v) is 6.65. The van der Waals surface area contributed by atoms with Gasteiger partial charge in [0.05, 0.1) is 11.4 Å². The summed E-state index contributed by atoms with van der Waals surface area (Å²) in [4.78, 5) is 14.6. The van der Waals surface area contributed by atoms with Crippen molar-refractivity contribution in [1.82, 2.24) is 15.0 Å². The third-order valence-corrected chi connectivity index (χ3v) is 9.37. The van der Waals surface area contributed by atoms with E-state index in [1.165, 1.54) is 27.1 Å². The summed E-state index contributed by atoms with van der Waals surface area (Å²) < 4.78 is 0. The maximum Gasteiger partial charge on any atom is 0.160 e. The summed E-state index contributed by atoms with van der Waals surface area (Å²) >= 11 is 0. The average Bonchev–Trinajstić information content (AvgIpc) is 3.21. The molecule has 0 aliphatic heterocycles. The van der Waals surface area contributed by atoms with E-state index in [-0.39, 0.29) is 0 Å². The molecule has 0 amide bonds. The molecule has 2 aromatic heterocycles. The van der Waals surface area contributed by atoms with Gasteiger partial charge in [0.1, 0.15) is 0 Å². The van der Waals surface area contributed by atoms with Crippen LogP contribution in [0.1, 0.15) is 0 Å². The first-order valence-electron chi connectivity index (χ1n) is 16.8. The largest absolute Gasteiger partial charge is 0.264 e. The number of aromatic nitrogens is 3. The topological polar surface area (TPSA) is 38.7 Å². The quantitative estimate of drug-likeness (QED) is 0.182. The predicted octanol–water partition coefficient (Wildman–Crippen LogP) is 12.2. The lowest BCUT2D eigenvalue weighted by Gasteiger charge is -2.12. The van der Waals surface area contributed by atoms with Crippen molar-refractivity contribution in [2.24, 2.45) is 0 Å². The van der Waals surface area contributed by atoms with Crippen LogP contribution in [-0.2, 0) is 0 Å². The molecule has 3 heteroatoms. The molecular weight excluding hydrogens is 607 g/mol. The standard InChI is InChI=1S/C47H31N3/c1-3-9-38-27-41(24-20-32(38)7-1)40-11-5-12-43(29-40)47-49-45(30-46(50-47)42-25-21-33-8-2-4-10-39(33)28-42)37-22-18-35(19-23-37)34-14-16-36(17-15-34)44-13-6-26-48-31-44/h1-31H. The molecule has 0 unspecified atom stereocenters. The molecule has 0 atom stereocenters. The minimum Gasteiger partial charge on any atom is -0.264 e. The first-order valence-corrected chi connectivity index (χ1v) is 16.8. The Morgan fingerprint density at radius 3 is 1.40 bits per heavy atom. The Bertz CT molecular complexity index is 2630. The number of nitrogens with zero attached hydrogens (tertiary/aromatic N) is 3. The highest BCUT2D eigenvalue weighted by atomic mass is 14.9. The molecule has 0 fully saturated rings. The molecule has 0 aliphatic rings. The second kappa shape index (κ2) is 12.7. The van der Waals surface area contributed by atoms with Crippen LogP contribution >= 0.6 is 0 Å². The highest BCUT2D eigenvalue weighted by Crippen LogP contribution is 2.33. The van der Waals surface area contributed by atoms with Crippen LogP contribution in [0.3, 0.4) is 0 Å². The van der Waals surface area contributed by atoms with Gasteiger partial charge < -0.3 is 0 Å². The zero-order valence-electron chi connectivity index (χ0n) is 27.2. The average molecular weight is 638 g/mol. The fraction of sp³-hybridized carbons (Fsp3) is 0. The van der Waals surface area contributed by atoms with Crippen molar-refractivity contribution < 1.29 is 0 Å². The second-order valence-electron chi connectivity index (χ2n) is 12.6. The Morgan fingerprint density at radius 2 is 0.760 bits per heavy atom. The van der Waals surface area contributed by atoms with Gasteiger partial charge in [-0.25, -0.2) is 9.97 Å². The van der Waals surface area contributed by atoms with Crippen molar-refractivity contribution in [3.8, 4) is 67.3 Å². The smallest absolute Gasteiger partial charge is 0.160 e. The van der Waals surface area contributed by atoms with Crippen molar-refractivity contribution in [2.75, 3.05) is 0 Å². The number of hydrogen-bond acceptors (Lipinski definition) is 3. The van der Waals surface area contributed by atoms with Crippen LogP contribution in [0.4, 0.5) is 0 Å². The number of pyridine rings is 1. The van der Waals surface area contributed by atoms with Crippen molar-refractivity contribution >= 4 is 21.5 Å². The Labute approximate surface area is 291 Å². The summed E-state index contributed by atoms with van der Waals surface area (Å²) in [6.45, 7) is 0. The first kappa shape index (κ1) is 29.4. The van der Waals surface area contributed by atoms with Crippen LogP contribution in [-0.4, -0.2) is 15.0 Å². The van der Waals surface area contributed by atoms with Crippen LogP contribution < -0.4 is 0 Å². The van der Waals surface area contributed by atoms with Crippen LogP contribution in [0, 0.1) is 0 Å². The van der Waals surface area contributed by atoms with E-state index in [0.717, 1.165) is 55.9 Å². The van der Waals surface area contributed by atoms with Crippen LogP contribution in [0.2, 0.25) is 0 Å². The molecule has 0 N–H and O–H groups in total. The van der Waals surface area contributed by atoms with E-state index in [2.05, 4.69) is 175 Å². The van der Waals surface area contributed by atoms with Crippen molar-refractivity contribution in [3.05, 3.63) is 188 Å². The number of fused-ring (bicyclic) bond motifs is 2. The minimum atomic E-state index is 0.698. The van der Waals surface area contributed by atoms with E-state index in [4.69, 9.17) is 9.97 Å². The normalized spacial score (nSPS) is 11.2.